The molecule has 148 valence electrons. The lowest BCUT2D eigenvalue weighted by molar-refractivity contribution is -0.116. The summed E-state index contributed by atoms with van der Waals surface area (Å²) in [6.07, 6.45) is 5.84. The van der Waals surface area contributed by atoms with Gasteiger partial charge in [0.15, 0.2) is 9.84 Å². The van der Waals surface area contributed by atoms with E-state index in [0.717, 1.165) is 0 Å². The second-order valence-electron chi connectivity index (χ2n) is 6.26. The molecule has 7 heteroatoms. The molecule has 1 amide bonds. The molecule has 29 heavy (non-hydrogen) atoms. The van der Waals surface area contributed by atoms with Gasteiger partial charge >= 0.3 is 0 Å². The second kappa shape index (κ2) is 9.25. The Labute approximate surface area is 168 Å². The summed E-state index contributed by atoms with van der Waals surface area (Å²) in [4.78, 5) is 16.4. The van der Waals surface area contributed by atoms with Gasteiger partial charge in [-0.25, -0.2) is 12.8 Å². The van der Waals surface area contributed by atoms with E-state index in [1.54, 1.807) is 36.5 Å². The van der Waals surface area contributed by atoms with Crippen molar-refractivity contribution in [2.75, 3.05) is 6.54 Å². The molecule has 0 fully saturated rings. The average molecular weight is 410 g/mol. The number of nitrogens with one attached hydrogen (secondary N) is 1. The lowest BCUT2D eigenvalue weighted by atomic mass is 10.2. The maximum atomic E-state index is 13.1. The molecule has 0 bridgehead atoms. The minimum atomic E-state index is -3.74. The fourth-order valence-corrected chi connectivity index (χ4v) is 4.41. The average Bonchev–Trinajstić information content (AvgIpc) is 2.75. The zero-order valence-electron chi connectivity index (χ0n) is 15.4. The Morgan fingerprint density at radius 2 is 1.76 bits per heavy atom. The van der Waals surface area contributed by atoms with Crippen LogP contribution in [0, 0.1) is 5.82 Å². The van der Waals surface area contributed by atoms with Crippen molar-refractivity contribution in [2.24, 2.45) is 0 Å². The number of amides is 1. The number of sulfone groups is 1. The zero-order valence-corrected chi connectivity index (χ0v) is 16.2. The number of hydrogen-bond donors (Lipinski definition) is 1. The number of carbonyl (C=O) groups excluding carboxylic acids is 1. The van der Waals surface area contributed by atoms with Crippen LogP contribution in [-0.4, -0.2) is 25.9 Å². The van der Waals surface area contributed by atoms with Crippen molar-refractivity contribution in [3.05, 3.63) is 102 Å². The highest BCUT2D eigenvalue weighted by atomic mass is 32.2. The van der Waals surface area contributed by atoms with Crippen LogP contribution >= 0.6 is 0 Å². The van der Waals surface area contributed by atoms with Crippen LogP contribution in [0.15, 0.2) is 90.1 Å². The summed E-state index contributed by atoms with van der Waals surface area (Å²) in [5, 5.41) is 1.65. The quantitative estimate of drug-likeness (QED) is 0.604. The van der Waals surface area contributed by atoms with E-state index in [0.29, 0.717) is 11.1 Å². The van der Waals surface area contributed by atoms with Gasteiger partial charge in [-0.15, -0.1) is 0 Å². The van der Waals surface area contributed by atoms with E-state index in [4.69, 9.17) is 0 Å². The van der Waals surface area contributed by atoms with Crippen molar-refractivity contribution in [1.29, 1.82) is 0 Å². The molecule has 1 atom stereocenters. The van der Waals surface area contributed by atoms with Gasteiger partial charge in [0, 0.05) is 25.0 Å². The molecule has 0 spiro atoms. The first-order chi connectivity index (χ1) is 14.0. The van der Waals surface area contributed by atoms with Crippen molar-refractivity contribution in [2.45, 2.75) is 10.1 Å². The van der Waals surface area contributed by atoms with E-state index in [1.807, 2.05) is 0 Å². The first-order valence-electron chi connectivity index (χ1n) is 8.87. The van der Waals surface area contributed by atoms with Crippen LogP contribution in [0.2, 0.25) is 0 Å². The lowest BCUT2D eigenvalue weighted by Crippen LogP contribution is -2.31. The Bertz CT molecular complexity index is 1080. The molecule has 1 unspecified atom stereocenters. The van der Waals surface area contributed by atoms with Crippen LogP contribution in [0.1, 0.15) is 16.4 Å². The molecule has 0 aliphatic heterocycles. The van der Waals surface area contributed by atoms with Crippen LogP contribution in [0.25, 0.3) is 6.08 Å². The Morgan fingerprint density at radius 1 is 1.03 bits per heavy atom. The van der Waals surface area contributed by atoms with Gasteiger partial charge in [0.2, 0.25) is 5.91 Å². The molecule has 0 radical (unpaired) electrons. The molecule has 1 aromatic heterocycles. The van der Waals surface area contributed by atoms with Crippen LogP contribution in [0.4, 0.5) is 4.39 Å². The summed E-state index contributed by atoms with van der Waals surface area (Å²) in [6, 6.07) is 17.1. The largest absolute Gasteiger partial charge is 0.351 e. The number of halogens is 1. The van der Waals surface area contributed by atoms with Gasteiger partial charge in [0.05, 0.1) is 4.90 Å². The molecule has 0 aliphatic rings. The van der Waals surface area contributed by atoms with Crippen molar-refractivity contribution in [1.82, 2.24) is 10.3 Å². The third-order valence-corrected chi connectivity index (χ3v) is 6.38. The summed E-state index contributed by atoms with van der Waals surface area (Å²) in [5.74, 6) is -0.816. The van der Waals surface area contributed by atoms with Crippen LogP contribution < -0.4 is 5.32 Å². The minimum Gasteiger partial charge on any atom is -0.351 e. The van der Waals surface area contributed by atoms with Crippen molar-refractivity contribution in [3.8, 4) is 0 Å². The summed E-state index contributed by atoms with van der Waals surface area (Å²) < 4.78 is 39.2. The highest BCUT2D eigenvalue weighted by molar-refractivity contribution is 7.91. The number of aromatic nitrogens is 1. The maximum Gasteiger partial charge on any atom is 0.244 e. The summed E-state index contributed by atoms with van der Waals surface area (Å²) in [6.45, 7) is -0.116. The van der Waals surface area contributed by atoms with E-state index < -0.39 is 21.0 Å². The van der Waals surface area contributed by atoms with E-state index in [1.165, 1.54) is 54.7 Å². The number of rotatable bonds is 7. The smallest absolute Gasteiger partial charge is 0.244 e. The van der Waals surface area contributed by atoms with Crippen LogP contribution in [0.5, 0.6) is 0 Å². The molecule has 1 heterocycles. The standard InChI is InChI=1S/C22H19FN2O3S/c23-19-11-8-17(9-12-19)10-13-22(26)25-16-21(18-5-4-14-24-15-18)29(27,28)20-6-2-1-3-7-20/h1-15,21H,16H2,(H,25,26)/b13-10+. The third-order valence-electron chi connectivity index (χ3n) is 4.26. The SMILES string of the molecule is O=C(/C=C/c1ccc(F)cc1)NCC(c1cccnc1)S(=O)(=O)c1ccccc1. The van der Waals surface area contributed by atoms with E-state index in [-0.39, 0.29) is 17.3 Å². The lowest BCUT2D eigenvalue weighted by Gasteiger charge is -2.18. The van der Waals surface area contributed by atoms with E-state index >= 15 is 0 Å². The first-order valence-corrected chi connectivity index (χ1v) is 10.4. The topological polar surface area (TPSA) is 76.1 Å². The van der Waals surface area contributed by atoms with Crippen molar-refractivity contribution < 1.29 is 17.6 Å². The number of nitrogens with zero attached hydrogens (tertiary/aromatic N) is 1. The molecule has 0 saturated heterocycles. The van der Waals surface area contributed by atoms with Crippen LogP contribution in [0.3, 0.4) is 0 Å². The summed E-state index contributed by atoms with van der Waals surface area (Å²) in [5.41, 5.74) is 1.14. The van der Waals surface area contributed by atoms with Gasteiger partial charge in [0.25, 0.3) is 0 Å². The Hall–Kier alpha value is -3.32. The predicted octanol–water partition coefficient (Wildman–Crippen LogP) is 3.57. The fourth-order valence-electron chi connectivity index (χ4n) is 2.75. The first kappa shape index (κ1) is 20.4. The van der Waals surface area contributed by atoms with E-state index in [2.05, 4.69) is 10.3 Å². The molecule has 0 saturated carbocycles. The molecule has 5 nitrogen and oxygen atoms in total. The normalized spacial score (nSPS) is 12.6. The van der Waals surface area contributed by atoms with Gasteiger partial charge < -0.3 is 5.32 Å². The predicted molar refractivity (Wildman–Crippen MR) is 109 cm³/mol. The van der Waals surface area contributed by atoms with Gasteiger partial charge in [-0.3, -0.25) is 9.78 Å². The Kier molecular flexibility index (Phi) is 6.51. The number of carbonyl (C=O) groups is 1. The monoisotopic (exact) mass is 410 g/mol. The Morgan fingerprint density at radius 3 is 2.41 bits per heavy atom. The third kappa shape index (κ3) is 5.36. The fraction of sp³-hybridized carbons (Fsp3) is 0.0909. The molecular formula is C22H19FN2O3S. The van der Waals surface area contributed by atoms with E-state index in [9.17, 15) is 17.6 Å². The highest BCUT2D eigenvalue weighted by Gasteiger charge is 2.29. The van der Waals surface area contributed by atoms with Crippen molar-refractivity contribution >= 4 is 21.8 Å². The van der Waals surface area contributed by atoms with Crippen LogP contribution in [-0.2, 0) is 14.6 Å². The number of benzene rings is 2. The molecule has 2 aromatic carbocycles. The second-order valence-corrected chi connectivity index (χ2v) is 8.39. The minimum absolute atomic E-state index is 0.116. The Balaban J connectivity index is 1.77. The number of pyridine rings is 1. The van der Waals surface area contributed by atoms with Crippen molar-refractivity contribution in [3.63, 3.8) is 0 Å². The van der Waals surface area contributed by atoms with Gasteiger partial charge in [0.1, 0.15) is 11.1 Å². The highest BCUT2D eigenvalue weighted by Crippen LogP contribution is 2.27. The number of hydrogen-bond acceptors (Lipinski definition) is 4. The molecule has 1 N–H and O–H groups in total. The molecule has 3 aromatic rings. The molecule has 3 rings (SSSR count). The summed E-state index contributed by atoms with van der Waals surface area (Å²) in [7, 11) is -3.74. The van der Waals surface area contributed by atoms with Gasteiger partial charge in [-0.2, -0.15) is 0 Å². The molecule has 0 aliphatic carbocycles. The summed E-state index contributed by atoms with van der Waals surface area (Å²) >= 11 is 0. The zero-order chi connectivity index (χ0) is 20.7. The molecular weight excluding hydrogens is 391 g/mol. The maximum absolute atomic E-state index is 13.1. The van der Waals surface area contributed by atoms with Gasteiger partial charge in [-0.1, -0.05) is 36.4 Å². The van der Waals surface area contributed by atoms with Gasteiger partial charge in [-0.05, 0) is 47.5 Å².